The molecule has 1 aromatic carbocycles. The Morgan fingerprint density at radius 1 is 1.31 bits per heavy atom. The number of aryl methyl sites for hydroxylation is 1. The van der Waals surface area contributed by atoms with Gasteiger partial charge in [0.05, 0.1) is 13.3 Å². The lowest BCUT2D eigenvalue weighted by Gasteiger charge is -2.32. The Morgan fingerprint density at radius 2 is 2.03 bits per heavy atom. The number of aromatic nitrogens is 1. The SMILES string of the molecule is CCNC(=NCc1ncc(-c2ccc(C)cc2)o1)NC1CCN(C(=O)OC)CC1. The van der Waals surface area contributed by atoms with E-state index in [9.17, 15) is 4.79 Å². The Balaban J connectivity index is 1.57. The number of hydrogen-bond acceptors (Lipinski definition) is 5. The largest absolute Gasteiger partial charge is 0.453 e. The molecule has 0 bridgehead atoms. The molecule has 1 fully saturated rings. The number of rotatable bonds is 5. The van der Waals surface area contributed by atoms with Crippen molar-refractivity contribution in [3.8, 4) is 11.3 Å². The highest BCUT2D eigenvalue weighted by atomic mass is 16.5. The highest BCUT2D eigenvalue weighted by molar-refractivity contribution is 5.80. The molecule has 1 aliphatic rings. The topological polar surface area (TPSA) is 92.0 Å². The number of benzene rings is 1. The molecule has 8 nitrogen and oxygen atoms in total. The summed E-state index contributed by atoms with van der Waals surface area (Å²) in [5.41, 5.74) is 2.21. The van der Waals surface area contributed by atoms with Crippen LogP contribution in [-0.4, -0.2) is 54.7 Å². The number of carbonyl (C=O) groups is 1. The molecule has 0 unspecified atom stereocenters. The van der Waals surface area contributed by atoms with Crippen molar-refractivity contribution in [3.05, 3.63) is 41.9 Å². The van der Waals surface area contributed by atoms with Crippen LogP contribution in [0, 0.1) is 6.92 Å². The van der Waals surface area contributed by atoms with Crippen LogP contribution in [0.3, 0.4) is 0 Å². The summed E-state index contributed by atoms with van der Waals surface area (Å²) in [5.74, 6) is 2.03. The molecule has 0 radical (unpaired) electrons. The standard InChI is InChI=1S/C21H29N5O3/c1-4-22-20(25-17-9-11-26(12-10-17)21(27)28-3)24-14-19-23-13-18(29-19)16-7-5-15(2)6-8-16/h5-8,13,17H,4,9-12,14H2,1-3H3,(H2,22,24,25). The summed E-state index contributed by atoms with van der Waals surface area (Å²) in [6, 6.07) is 8.40. The molecule has 1 aliphatic heterocycles. The molecule has 1 saturated heterocycles. The number of aliphatic imine (C=N–C) groups is 1. The zero-order valence-corrected chi connectivity index (χ0v) is 17.3. The van der Waals surface area contributed by atoms with Crippen LogP contribution in [0.4, 0.5) is 4.79 Å². The maximum Gasteiger partial charge on any atom is 0.409 e. The number of piperidine rings is 1. The number of nitrogens with one attached hydrogen (secondary N) is 2. The van der Waals surface area contributed by atoms with Crippen molar-refractivity contribution in [2.75, 3.05) is 26.7 Å². The van der Waals surface area contributed by atoms with Gasteiger partial charge in [-0.3, -0.25) is 0 Å². The van der Waals surface area contributed by atoms with Gasteiger partial charge in [-0.25, -0.2) is 14.8 Å². The molecule has 2 heterocycles. The monoisotopic (exact) mass is 399 g/mol. The van der Waals surface area contributed by atoms with Crippen molar-refractivity contribution in [1.82, 2.24) is 20.5 Å². The quantitative estimate of drug-likeness (QED) is 0.593. The van der Waals surface area contributed by atoms with Gasteiger partial charge in [0.1, 0.15) is 6.54 Å². The fourth-order valence-corrected chi connectivity index (χ4v) is 3.23. The highest BCUT2D eigenvalue weighted by Gasteiger charge is 2.23. The molecule has 29 heavy (non-hydrogen) atoms. The van der Waals surface area contributed by atoms with E-state index in [1.165, 1.54) is 12.7 Å². The van der Waals surface area contributed by atoms with Crippen LogP contribution >= 0.6 is 0 Å². The molecule has 2 aromatic rings. The van der Waals surface area contributed by atoms with Crippen molar-refractivity contribution in [1.29, 1.82) is 0 Å². The summed E-state index contributed by atoms with van der Waals surface area (Å²) in [5, 5.41) is 6.69. The minimum atomic E-state index is -0.266. The number of ether oxygens (including phenoxy) is 1. The van der Waals surface area contributed by atoms with Crippen LogP contribution in [0.1, 0.15) is 31.2 Å². The summed E-state index contributed by atoms with van der Waals surface area (Å²) in [7, 11) is 1.41. The van der Waals surface area contributed by atoms with Gasteiger partial charge >= 0.3 is 6.09 Å². The summed E-state index contributed by atoms with van der Waals surface area (Å²) in [4.78, 5) is 22.3. The second-order valence-electron chi connectivity index (χ2n) is 7.06. The van der Waals surface area contributed by atoms with Crippen molar-refractivity contribution in [2.45, 2.75) is 39.3 Å². The van der Waals surface area contributed by atoms with Crippen LogP contribution < -0.4 is 10.6 Å². The number of hydrogen-bond donors (Lipinski definition) is 2. The minimum absolute atomic E-state index is 0.251. The van der Waals surface area contributed by atoms with Gasteiger partial charge in [0.2, 0.25) is 5.89 Å². The van der Waals surface area contributed by atoms with Crippen molar-refractivity contribution in [3.63, 3.8) is 0 Å². The molecule has 2 N–H and O–H groups in total. The van der Waals surface area contributed by atoms with Gasteiger partial charge in [-0.05, 0) is 26.7 Å². The number of methoxy groups -OCH3 is 1. The van der Waals surface area contributed by atoms with Crippen molar-refractivity contribution < 1.29 is 13.9 Å². The lowest BCUT2D eigenvalue weighted by Crippen LogP contribution is -2.49. The molecular formula is C21H29N5O3. The van der Waals surface area contributed by atoms with Crippen molar-refractivity contribution >= 4 is 12.1 Å². The maximum atomic E-state index is 11.6. The van der Waals surface area contributed by atoms with E-state index in [0.29, 0.717) is 25.5 Å². The number of oxazole rings is 1. The molecular weight excluding hydrogens is 370 g/mol. The Hall–Kier alpha value is -3.03. The van der Waals surface area contributed by atoms with Gasteiger partial charge in [0.15, 0.2) is 11.7 Å². The summed E-state index contributed by atoms with van der Waals surface area (Å²) in [6.45, 7) is 6.53. The van der Waals surface area contributed by atoms with Crippen LogP contribution in [0.25, 0.3) is 11.3 Å². The average Bonchev–Trinajstić information content (AvgIpc) is 3.22. The van der Waals surface area contributed by atoms with Crippen LogP contribution in [0.5, 0.6) is 0 Å². The van der Waals surface area contributed by atoms with E-state index in [2.05, 4.69) is 27.5 Å². The van der Waals surface area contributed by atoms with Gasteiger partial charge in [-0.15, -0.1) is 0 Å². The zero-order chi connectivity index (χ0) is 20.6. The second kappa shape index (κ2) is 9.95. The third-order valence-corrected chi connectivity index (χ3v) is 4.87. The Kier molecular flexibility index (Phi) is 7.10. The second-order valence-corrected chi connectivity index (χ2v) is 7.06. The summed E-state index contributed by atoms with van der Waals surface area (Å²) < 4.78 is 10.6. The molecule has 0 saturated carbocycles. The first-order valence-corrected chi connectivity index (χ1v) is 9.98. The Labute approximate surface area is 171 Å². The molecule has 0 aliphatic carbocycles. The van der Waals surface area contributed by atoms with Crippen molar-refractivity contribution in [2.24, 2.45) is 4.99 Å². The lowest BCUT2D eigenvalue weighted by atomic mass is 10.1. The number of likely N-dealkylation sites (tertiary alicyclic amines) is 1. The minimum Gasteiger partial charge on any atom is -0.453 e. The van der Waals surface area contributed by atoms with Gasteiger partial charge < -0.3 is 24.7 Å². The third kappa shape index (κ3) is 5.73. The molecule has 1 aromatic heterocycles. The Morgan fingerprint density at radius 3 is 2.69 bits per heavy atom. The van der Waals surface area contributed by atoms with E-state index in [1.54, 1.807) is 11.1 Å². The van der Waals surface area contributed by atoms with E-state index in [0.717, 1.165) is 36.7 Å². The molecule has 1 amide bonds. The fraction of sp³-hybridized carbons (Fsp3) is 0.476. The van der Waals surface area contributed by atoms with Crippen LogP contribution in [0.15, 0.2) is 39.9 Å². The van der Waals surface area contributed by atoms with Gasteiger partial charge in [0.25, 0.3) is 0 Å². The number of nitrogens with zero attached hydrogens (tertiary/aromatic N) is 3. The first-order valence-electron chi connectivity index (χ1n) is 9.98. The van der Waals surface area contributed by atoms with E-state index in [1.807, 2.05) is 31.2 Å². The van der Waals surface area contributed by atoms with Gasteiger partial charge in [-0.1, -0.05) is 29.8 Å². The van der Waals surface area contributed by atoms with E-state index in [-0.39, 0.29) is 12.1 Å². The van der Waals surface area contributed by atoms with E-state index >= 15 is 0 Å². The van der Waals surface area contributed by atoms with Crippen LogP contribution in [-0.2, 0) is 11.3 Å². The molecule has 8 heteroatoms. The zero-order valence-electron chi connectivity index (χ0n) is 17.3. The first-order chi connectivity index (χ1) is 14.1. The maximum absolute atomic E-state index is 11.6. The lowest BCUT2D eigenvalue weighted by molar-refractivity contribution is 0.111. The third-order valence-electron chi connectivity index (χ3n) is 4.87. The van der Waals surface area contributed by atoms with Gasteiger partial charge in [0, 0.05) is 31.2 Å². The molecule has 156 valence electrons. The van der Waals surface area contributed by atoms with E-state index < -0.39 is 0 Å². The Bertz CT molecular complexity index is 823. The first kappa shape index (κ1) is 20.7. The highest BCUT2D eigenvalue weighted by Crippen LogP contribution is 2.21. The number of guanidine groups is 1. The number of amides is 1. The van der Waals surface area contributed by atoms with E-state index in [4.69, 9.17) is 9.15 Å². The van der Waals surface area contributed by atoms with Crippen LogP contribution in [0.2, 0.25) is 0 Å². The number of carbonyl (C=O) groups excluding carboxylic acids is 1. The normalized spacial score (nSPS) is 15.3. The smallest absolute Gasteiger partial charge is 0.409 e. The molecule has 3 rings (SSSR count). The predicted octanol–water partition coefficient (Wildman–Crippen LogP) is 2.94. The summed E-state index contributed by atoms with van der Waals surface area (Å²) >= 11 is 0. The average molecular weight is 399 g/mol. The summed E-state index contributed by atoms with van der Waals surface area (Å²) in [6.07, 6.45) is 3.15. The molecule has 0 spiro atoms. The molecule has 0 atom stereocenters. The predicted molar refractivity (Wildman–Crippen MR) is 112 cm³/mol. The fourth-order valence-electron chi connectivity index (χ4n) is 3.23. The van der Waals surface area contributed by atoms with Gasteiger partial charge in [-0.2, -0.15) is 0 Å².